The maximum absolute atomic E-state index is 12.6. The molecule has 1 aromatic heterocycles. The van der Waals surface area contributed by atoms with Crippen LogP contribution < -0.4 is 0 Å². The Hall–Kier alpha value is -1.68. The van der Waals surface area contributed by atoms with Crippen LogP contribution in [-0.2, 0) is 0 Å². The maximum Gasteiger partial charge on any atom is 0.346 e. The summed E-state index contributed by atoms with van der Waals surface area (Å²) in [6.07, 6.45) is 1.61. The summed E-state index contributed by atoms with van der Waals surface area (Å²) in [6.45, 7) is 5.82. The van der Waals surface area contributed by atoms with Crippen LogP contribution >= 0.6 is 11.3 Å². The monoisotopic (exact) mass is 290 g/mol. The van der Waals surface area contributed by atoms with Crippen molar-refractivity contribution in [2.75, 3.05) is 0 Å². The number of hydrogen-bond donors (Lipinski definition) is 1. The molecule has 0 aliphatic heterocycles. The normalized spacial score (nSPS) is 11.2. The summed E-state index contributed by atoms with van der Waals surface area (Å²) in [6, 6.07) is 5.53. The molecule has 0 bridgehead atoms. The van der Waals surface area contributed by atoms with Crippen molar-refractivity contribution in [1.29, 1.82) is 0 Å². The first-order chi connectivity index (χ1) is 9.51. The third-order valence-corrected chi connectivity index (χ3v) is 5.11. The van der Waals surface area contributed by atoms with E-state index in [4.69, 9.17) is 0 Å². The Labute approximate surface area is 122 Å². The number of hydrogen-bond acceptors (Lipinski definition) is 3. The number of fused-ring (bicyclic) bond motifs is 1. The van der Waals surface area contributed by atoms with Gasteiger partial charge in [0.25, 0.3) is 0 Å². The zero-order valence-electron chi connectivity index (χ0n) is 11.9. The van der Waals surface area contributed by atoms with Crippen LogP contribution in [0.2, 0.25) is 0 Å². The molecule has 0 saturated carbocycles. The Kier molecular flexibility index (Phi) is 4.23. The van der Waals surface area contributed by atoms with Crippen LogP contribution in [0.5, 0.6) is 0 Å². The van der Waals surface area contributed by atoms with Crippen LogP contribution in [-0.4, -0.2) is 16.9 Å². The van der Waals surface area contributed by atoms with E-state index in [0.29, 0.717) is 10.4 Å². The van der Waals surface area contributed by atoms with Crippen molar-refractivity contribution in [3.8, 4) is 0 Å². The standard InChI is InChI=1S/C16H18O3S/c1-4-10(5-2)13(17)12-8-6-7-11-9(3)14(16(18)19)20-15(11)12/h6-8,10H,4-5H2,1-3H3,(H,18,19). The molecule has 4 heteroatoms. The largest absolute Gasteiger partial charge is 0.477 e. The molecule has 2 rings (SSSR count). The molecule has 106 valence electrons. The zero-order valence-corrected chi connectivity index (χ0v) is 12.7. The predicted octanol–water partition coefficient (Wildman–Crippen LogP) is 4.53. The van der Waals surface area contributed by atoms with Crippen LogP contribution in [0.1, 0.15) is 52.3 Å². The van der Waals surface area contributed by atoms with Gasteiger partial charge < -0.3 is 5.11 Å². The van der Waals surface area contributed by atoms with E-state index in [1.54, 1.807) is 6.92 Å². The molecule has 0 atom stereocenters. The molecule has 1 N–H and O–H groups in total. The number of Topliss-reactive ketones (excluding diaryl/α,β-unsaturated/α-hetero) is 1. The zero-order chi connectivity index (χ0) is 14.9. The molecule has 0 amide bonds. The first-order valence-corrected chi connectivity index (χ1v) is 7.62. The lowest BCUT2D eigenvalue weighted by molar-refractivity contribution is 0.0701. The number of carbonyl (C=O) groups is 2. The van der Waals surface area contributed by atoms with Crippen LogP contribution in [0.15, 0.2) is 18.2 Å². The third kappa shape index (κ3) is 2.36. The molecule has 0 radical (unpaired) electrons. The molecule has 0 spiro atoms. The van der Waals surface area contributed by atoms with E-state index >= 15 is 0 Å². The van der Waals surface area contributed by atoms with Gasteiger partial charge in [0.05, 0.1) is 0 Å². The Balaban J connectivity index is 2.63. The summed E-state index contributed by atoms with van der Waals surface area (Å²) in [7, 11) is 0. The van der Waals surface area contributed by atoms with E-state index in [1.165, 1.54) is 11.3 Å². The van der Waals surface area contributed by atoms with Gasteiger partial charge in [-0.05, 0) is 36.8 Å². The molecule has 0 saturated heterocycles. The molecule has 2 aromatic rings. The first-order valence-electron chi connectivity index (χ1n) is 6.80. The van der Waals surface area contributed by atoms with Crippen LogP contribution in [0.4, 0.5) is 0 Å². The number of thiophene rings is 1. The molecule has 1 heterocycles. The molecule has 0 aliphatic rings. The summed E-state index contributed by atoms with van der Waals surface area (Å²) in [5, 5.41) is 10.1. The average Bonchev–Trinajstić information content (AvgIpc) is 2.78. The number of carboxylic acids is 1. The molecular weight excluding hydrogens is 272 g/mol. The van der Waals surface area contributed by atoms with Crippen molar-refractivity contribution >= 4 is 33.2 Å². The smallest absolute Gasteiger partial charge is 0.346 e. The second kappa shape index (κ2) is 5.75. The topological polar surface area (TPSA) is 54.4 Å². The second-order valence-electron chi connectivity index (χ2n) is 4.92. The summed E-state index contributed by atoms with van der Waals surface area (Å²) >= 11 is 1.20. The highest BCUT2D eigenvalue weighted by molar-refractivity contribution is 7.21. The summed E-state index contributed by atoms with van der Waals surface area (Å²) in [5.41, 5.74) is 1.41. The Morgan fingerprint density at radius 2 is 1.90 bits per heavy atom. The lowest BCUT2D eigenvalue weighted by Gasteiger charge is -2.11. The van der Waals surface area contributed by atoms with Gasteiger partial charge >= 0.3 is 5.97 Å². The van der Waals surface area contributed by atoms with Crippen LogP contribution in [0, 0.1) is 12.8 Å². The maximum atomic E-state index is 12.6. The Morgan fingerprint density at radius 1 is 1.25 bits per heavy atom. The molecule has 3 nitrogen and oxygen atoms in total. The molecular formula is C16H18O3S. The van der Waals surface area contributed by atoms with Crippen molar-refractivity contribution < 1.29 is 14.7 Å². The van der Waals surface area contributed by atoms with E-state index in [2.05, 4.69) is 0 Å². The number of carboxylic acid groups (broad SMARTS) is 1. The van der Waals surface area contributed by atoms with Crippen molar-refractivity contribution in [2.45, 2.75) is 33.6 Å². The highest BCUT2D eigenvalue weighted by Crippen LogP contribution is 2.34. The minimum atomic E-state index is -0.926. The average molecular weight is 290 g/mol. The van der Waals surface area contributed by atoms with Gasteiger partial charge in [-0.15, -0.1) is 11.3 Å². The van der Waals surface area contributed by atoms with E-state index in [1.807, 2.05) is 32.0 Å². The fraction of sp³-hybridized carbons (Fsp3) is 0.375. The molecule has 20 heavy (non-hydrogen) atoms. The van der Waals surface area contributed by atoms with Gasteiger partial charge in [-0.25, -0.2) is 4.79 Å². The Morgan fingerprint density at radius 3 is 2.45 bits per heavy atom. The number of aromatic carboxylic acids is 1. The minimum absolute atomic E-state index is 0.0104. The second-order valence-corrected chi connectivity index (χ2v) is 5.94. The molecule has 1 aromatic carbocycles. The fourth-order valence-electron chi connectivity index (χ4n) is 2.52. The summed E-state index contributed by atoms with van der Waals surface area (Å²) in [5.74, 6) is -0.792. The lowest BCUT2D eigenvalue weighted by atomic mass is 9.92. The van der Waals surface area contributed by atoms with Gasteiger partial charge in [-0.1, -0.05) is 26.0 Å². The molecule has 0 fully saturated rings. The highest BCUT2D eigenvalue weighted by Gasteiger charge is 2.22. The van der Waals surface area contributed by atoms with E-state index in [0.717, 1.165) is 28.5 Å². The van der Waals surface area contributed by atoms with Gasteiger partial charge in [0.2, 0.25) is 0 Å². The quantitative estimate of drug-likeness (QED) is 0.823. The van der Waals surface area contributed by atoms with Crippen molar-refractivity contribution in [3.05, 3.63) is 34.2 Å². The number of rotatable bonds is 5. The summed E-state index contributed by atoms with van der Waals surface area (Å²) in [4.78, 5) is 24.1. The van der Waals surface area contributed by atoms with Crippen molar-refractivity contribution in [3.63, 3.8) is 0 Å². The van der Waals surface area contributed by atoms with Crippen LogP contribution in [0.25, 0.3) is 10.1 Å². The van der Waals surface area contributed by atoms with Crippen molar-refractivity contribution in [2.24, 2.45) is 5.92 Å². The van der Waals surface area contributed by atoms with Gasteiger partial charge in [-0.3, -0.25) is 4.79 Å². The first kappa shape index (κ1) is 14.7. The SMILES string of the molecule is CCC(CC)C(=O)c1cccc2c(C)c(C(=O)O)sc12. The van der Waals surface area contributed by atoms with Crippen molar-refractivity contribution in [1.82, 2.24) is 0 Å². The minimum Gasteiger partial charge on any atom is -0.477 e. The van der Waals surface area contributed by atoms with Gasteiger partial charge in [0.15, 0.2) is 5.78 Å². The number of carbonyl (C=O) groups excluding carboxylic acids is 1. The van der Waals surface area contributed by atoms with Gasteiger partial charge in [0, 0.05) is 16.2 Å². The number of aryl methyl sites for hydroxylation is 1. The lowest BCUT2D eigenvalue weighted by Crippen LogP contribution is -2.12. The van der Waals surface area contributed by atoms with E-state index in [-0.39, 0.29) is 11.7 Å². The number of benzene rings is 1. The predicted molar refractivity (Wildman–Crippen MR) is 81.9 cm³/mol. The molecule has 0 aliphatic carbocycles. The van der Waals surface area contributed by atoms with E-state index in [9.17, 15) is 14.7 Å². The van der Waals surface area contributed by atoms with E-state index < -0.39 is 5.97 Å². The third-order valence-electron chi connectivity index (χ3n) is 3.78. The Bertz CT molecular complexity index is 666. The van der Waals surface area contributed by atoms with Gasteiger partial charge in [0.1, 0.15) is 4.88 Å². The summed E-state index contributed by atoms with van der Waals surface area (Å²) < 4.78 is 0.805. The number of ketones is 1. The molecule has 0 unspecified atom stereocenters. The van der Waals surface area contributed by atoms with Gasteiger partial charge in [-0.2, -0.15) is 0 Å². The van der Waals surface area contributed by atoms with Crippen LogP contribution in [0.3, 0.4) is 0 Å². The fourth-order valence-corrected chi connectivity index (χ4v) is 3.68. The highest BCUT2D eigenvalue weighted by atomic mass is 32.1.